The zero-order valence-electron chi connectivity index (χ0n) is 13.5. The zero-order valence-corrected chi connectivity index (χ0v) is 14.2. The molecule has 0 radical (unpaired) electrons. The summed E-state index contributed by atoms with van der Waals surface area (Å²) in [4.78, 5) is 12.6. The maximum Gasteiger partial charge on any atom is 0.269 e. The Labute approximate surface area is 136 Å². The van der Waals surface area contributed by atoms with Crippen LogP contribution in [0.2, 0.25) is 5.02 Å². The van der Waals surface area contributed by atoms with Crippen molar-refractivity contribution in [2.24, 2.45) is 12.5 Å². The molecule has 0 saturated carbocycles. The number of aliphatic hydroxyl groups is 1. The van der Waals surface area contributed by atoms with Crippen LogP contribution in [0.4, 0.5) is 0 Å². The molecule has 0 spiro atoms. The molecule has 4 nitrogen and oxygen atoms in total. The quantitative estimate of drug-likeness (QED) is 0.907. The van der Waals surface area contributed by atoms with Crippen molar-refractivity contribution in [3.8, 4) is 0 Å². The molecule has 1 heterocycles. The molecule has 1 unspecified atom stereocenters. The summed E-state index contributed by atoms with van der Waals surface area (Å²) >= 11 is 6.37. The molecule has 1 aromatic carbocycles. The number of nitrogens with zero attached hydrogens (tertiary/aromatic N) is 1. The molecule has 0 saturated heterocycles. The molecule has 0 aliphatic carbocycles. The molecule has 0 bridgehead atoms. The second-order valence-electron chi connectivity index (χ2n) is 6.86. The second-order valence-corrected chi connectivity index (χ2v) is 7.23. The molecule has 2 aromatic rings. The Morgan fingerprint density at radius 2 is 2.00 bits per heavy atom. The fraction of sp³-hybridized carbons (Fsp3) is 0.471. The van der Waals surface area contributed by atoms with E-state index in [1.54, 1.807) is 4.57 Å². The first-order valence-corrected chi connectivity index (χ1v) is 7.77. The molecular weight excluding hydrogens is 300 g/mol. The highest BCUT2D eigenvalue weighted by Gasteiger charge is 2.24. The highest BCUT2D eigenvalue weighted by molar-refractivity contribution is 6.38. The topological polar surface area (TPSA) is 54.3 Å². The molecule has 22 heavy (non-hydrogen) atoms. The van der Waals surface area contributed by atoms with Crippen LogP contribution in [-0.2, 0) is 7.05 Å². The predicted molar refractivity (Wildman–Crippen MR) is 90.3 cm³/mol. The minimum atomic E-state index is -0.290. The van der Waals surface area contributed by atoms with E-state index < -0.39 is 0 Å². The third-order valence-corrected chi connectivity index (χ3v) is 4.06. The van der Waals surface area contributed by atoms with E-state index in [0.717, 1.165) is 10.9 Å². The smallest absolute Gasteiger partial charge is 0.269 e. The molecule has 2 rings (SSSR count). The van der Waals surface area contributed by atoms with E-state index in [2.05, 4.69) is 26.1 Å². The standard InChI is InChI=1S/C17H23ClN2O2/c1-17(2,3)9-11(10-21)19-16(22)15-14(18)12-7-5-6-8-13(12)20(15)4/h5-8,11,21H,9-10H2,1-4H3,(H,19,22). The monoisotopic (exact) mass is 322 g/mol. The summed E-state index contributed by atoms with van der Waals surface area (Å²) in [7, 11) is 1.82. The SMILES string of the molecule is Cn1c(C(=O)NC(CO)CC(C)(C)C)c(Cl)c2ccccc21. The molecule has 1 amide bonds. The number of benzene rings is 1. The Morgan fingerprint density at radius 1 is 1.36 bits per heavy atom. The summed E-state index contributed by atoms with van der Waals surface area (Å²) < 4.78 is 1.79. The largest absolute Gasteiger partial charge is 0.394 e. The molecule has 2 N–H and O–H groups in total. The van der Waals surface area contributed by atoms with Gasteiger partial charge >= 0.3 is 0 Å². The lowest BCUT2D eigenvalue weighted by Gasteiger charge is -2.25. The first kappa shape index (κ1) is 16.8. The number of rotatable bonds is 4. The van der Waals surface area contributed by atoms with Crippen molar-refractivity contribution < 1.29 is 9.90 Å². The van der Waals surface area contributed by atoms with E-state index in [1.807, 2.05) is 31.3 Å². The first-order chi connectivity index (χ1) is 10.2. The minimum absolute atomic E-state index is 0.0173. The van der Waals surface area contributed by atoms with Crippen LogP contribution in [0.25, 0.3) is 10.9 Å². The lowest BCUT2D eigenvalue weighted by molar-refractivity contribution is 0.0890. The third kappa shape index (κ3) is 3.45. The van der Waals surface area contributed by atoms with Crippen LogP contribution in [-0.4, -0.2) is 28.2 Å². The maximum absolute atomic E-state index is 12.6. The Balaban J connectivity index is 2.30. The number of aromatic nitrogens is 1. The van der Waals surface area contributed by atoms with Crippen molar-refractivity contribution >= 4 is 28.4 Å². The molecule has 5 heteroatoms. The van der Waals surface area contributed by atoms with Gasteiger partial charge in [-0.25, -0.2) is 0 Å². The summed E-state index contributed by atoms with van der Waals surface area (Å²) in [5, 5.41) is 13.7. The molecular formula is C17H23ClN2O2. The van der Waals surface area contributed by atoms with Gasteiger partial charge in [-0.1, -0.05) is 50.6 Å². The van der Waals surface area contributed by atoms with Crippen molar-refractivity contribution in [3.63, 3.8) is 0 Å². The van der Waals surface area contributed by atoms with Gasteiger partial charge in [0, 0.05) is 18.0 Å². The van der Waals surface area contributed by atoms with E-state index in [1.165, 1.54) is 0 Å². The lowest BCUT2D eigenvalue weighted by atomic mass is 9.88. The summed E-state index contributed by atoms with van der Waals surface area (Å²) in [5.41, 5.74) is 1.35. The Bertz CT molecular complexity index is 647. The van der Waals surface area contributed by atoms with E-state index in [0.29, 0.717) is 17.1 Å². The highest BCUT2D eigenvalue weighted by atomic mass is 35.5. The second kappa shape index (κ2) is 6.31. The molecule has 0 aliphatic heterocycles. The molecule has 1 atom stereocenters. The van der Waals surface area contributed by atoms with Crippen LogP contribution in [0, 0.1) is 5.41 Å². The number of fused-ring (bicyclic) bond motifs is 1. The number of hydrogen-bond acceptors (Lipinski definition) is 2. The number of para-hydroxylation sites is 1. The average Bonchev–Trinajstić information content (AvgIpc) is 2.69. The van der Waals surface area contributed by atoms with Gasteiger partial charge < -0.3 is 15.0 Å². The number of nitrogens with one attached hydrogen (secondary N) is 1. The van der Waals surface area contributed by atoms with Gasteiger partial charge in [-0.15, -0.1) is 0 Å². The fourth-order valence-corrected chi connectivity index (χ4v) is 3.13. The highest BCUT2D eigenvalue weighted by Crippen LogP contribution is 2.30. The lowest BCUT2D eigenvalue weighted by Crippen LogP contribution is -2.40. The van der Waals surface area contributed by atoms with Gasteiger partial charge in [0.05, 0.1) is 17.7 Å². The van der Waals surface area contributed by atoms with Crippen molar-refractivity contribution in [1.82, 2.24) is 9.88 Å². The van der Waals surface area contributed by atoms with E-state index in [4.69, 9.17) is 11.6 Å². The Hall–Kier alpha value is -1.52. The summed E-state index contributed by atoms with van der Waals surface area (Å²) in [6.45, 7) is 6.13. The summed E-state index contributed by atoms with van der Waals surface area (Å²) in [6.07, 6.45) is 0.691. The van der Waals surface area contributed by atoms with Gasteiger partial charge in [0.1, 0.15) is 5.69 Å². The predicted octanol–water partition coefficient (Wildman–Crippen LogP) is 3.36. The number of hydrogen-bond donors (Lipinski definition) is 2. The number of carbonyl (C=O) groups excluding carboxylic acids is 1. The first-order valence-electron chi connectivity index (χ1n) is 7.39. The van der Waals surface area contributed by atoms with Crippen molar-refractivity contribution in [3.05, 3.63) is 35.0 Å². The number of amides is 1. The van der Waals surface area contributed by atoms with Crippen molar-refractivity contribution in [2.45, 2.75) is 33.2 Å². The van der Waals surface area contributed by atoms with Crippen LogP contribution in [0.5, 0.6) is 0 Å². The summed E-state index contributed by atoms with van der Waals surface area (Å²) in [6, 6.07) is 7.34. The van der Waals surface area contributed by atoms with Crippen LogP contribution >= 0.6 is 11.6 Å². The number of aryl methyl sites for hydroxylation is 1. The van der Waals surface area contributed by atoms with Gasteiger partial charge in [-0.3, -0.25) is 4.79 Å². The van der Waals surface area contributed by atoms with Crippen LogP contribution in [0.1, 0.15) is 37.7 Å². The van der Waals surface area contributed by atoms with Gasteiger partial charge in [0.25, 0.3) is 5.91 Å². The van der Waals surface area contributed by atoms with Crippen LogP contribution < -0.4 is 5.32 Å². The van der Waals surface area contributed by atoms with Crippen molar-refractivity contribution in [2.75, 3.05) is 6.61 Å². The molecule has 0 aliphatic rings. The van der Waals surface area contributed by atoms with E-state index in [-0.39, 0.29) is 24.0 Å². The van der Waals surface area contributed by atoms with Gasteiger partial charge in [0.15, 0.2) is 0 Å². The number of carbonyl (C=O) groups is 1. The zero-order chi connectivity index (χ0) is 16.5. The van der Waals surface area contributed by atoms with Gasteiger partial charge in [-0.05, 0) is 17.9 Å². The number of halogens is 1. The van der Waals surface area contributed by atoms with Gasteiger partial charge in [0.2, 0.25) is 0 Å². The van der Waals surface area contributed by atoms with Crippen LogP contribution in [0.15, 0.2) is 24.3 Å². The average molecular weight is 323 g/mol. The summed E-state index contributed by atoms with van der Waals surface area (Å²) in [5.74, 6) is -0.257. The molecule has 0 fully saturated rings. The molecule has 120 valence electrons. The third-order valence-electron chi connectivity index (χ3n) is 3.67. The minimum Gasteiger partial charge on any atom is -0.394 e. The normalized spacial score (nSPS) is 13.4. The molecule has 1 aromatic heterocycles. The maximum atomic E-state index is 12.6. The fourth-order valence-electron chi connectivity index (χ4n) is 2.75. The Morgan fingerprint density at radius 3 is 2.55 bits per heavy atom. The van der Waals surface area contributed by atoms with E-state index in [9.17, 15) is 9.90 Å². The van der Waals surface area contributed by atoms with Gasteiger partial charge in [-0.2, -0.15) is 0 Å². The van der Waals surface area contributed by atoms with Crippen LogP contribution in [0.3, 0.4) is 0 Å². The number of aliphatic hydroxyl groups excluding tert-OH is 1. The Kier molecular flexibility index (Phi) is 4.83. The van der Waals surface area contributed by atoms with Crippen molar-refractivity contribution in [1.29, 1.82) is 0 Å². The van der Waals surface area contributed by atoms with E-state index >= 15 is 0 Å².